The normalized spacial score (nSPS) is 15.9. The molecule has 1 aliphatic rings. The van der Waals surface area contributed by atoms with Gasteiger partial charge in [-0.3, -0.25) is 14.3 Å². The first-order valence-electron chi connectivity index (χ1n) is 5.06. The Morgan fingerprint density at radius 2 is 2.25 bits per heavy atom. The Hall–Kier alpha value is -1.85. The van der Waals surface area contributed by atoms with Crippen molar-refractivity contribution < 1.29 is 14.7 Å². The molecule has 6 nitrogen and oxygen atoms in total. The van der Waals surface area contributed by atoms with Crippen molar-refractivity contribution in [2.24, 2.45) is 13.0 Å². The number of aliphatic carboxylic acids is 1. The van der Waals surface area contributed by atoms with Gasteiger partial charge in [-0.05, 0) is 0 Å². The Bertz CT molecular complexity index is 421. The van der Waals surface area contributed by atoms with E-state index in [0.717, 1.165) is 0 Å². The van der Waals surface area contributed by atoms with E-state index in [1.807, 2.05) is 0 Å². The molecule has 0 unspecified atom stereocenters. The summed E-state index contributed by atoms with van der Waals surface area (Å²) in [6.07, 6.45) is 3.32. The lowest BCUT2D eigenvalue weighted by Crippen LogP contribution is -2.50. The van der Waals surface area contributed by atoms with Gasteiger partial charge >= 0.3 is 5.97 Å². The molecule has 0 spiro atoms. The minimum absolute atomic E-state index is 0.0743. The Morgan fingerprint density at radius 3 is 2.75 bits per heavy atom. The standard InChI is InChI=1S/C10H13N3O3/c1-12-6-8(3-11-12)10(16)13-4-7(5-13)2-9(14)15/h3,6-7H,2,4-5H2,1H3,(H,14,15). The van der Waals surface area contributed by atoms with Crippen LogP contribution in [0.2, 0.25) is 0 Å². The molecule has 6 heteroatoms. The molecule has 1 aromatic rings. The topological polar surface area (TPSA) is 75.4 Å². The van der Waals surface area contributed by atoms with Gasteiger partial charge in [-0.15, -0.1) is 0 Å². The number of nitrogens with zero attached hydrogens (tertiary/aromatic N) is 3. The smallest absolute Gasteiger partial charge is 0.303 e. The van der Waals surface area contributed by atoms with Crippen LogP contribution in [-0.2, 0) is 11.8 Å². The molecular weight excluding hydrogens is 210 g/mol. The molecule has 86 valence electrons. The lowest BCUT2D eigenvalue weighted by Gasteiger charge is -2.38. The van der Waals surface area contributed by atoms with Crippen molar-refractivity contribution in [2.45, 2.75) is 6.42 Å². The van der Waals surface area contributed by atoms with E-state index in [1.165, 1.54) is 6.20 Å². The maximum Gasteiger partial charge on any atom is 0.303 e. The molecule has 1 amide bonds. The first kappa shape index (κ1) is 10.7. The molecule has 0 aromatic carbocycles. The fraction of sp³-hybridized carbons (Fsp3) is 0.500. The summed E-state index contributed by atoms with van der Waals surface area (Å²) in [5.41, 5.74) is 0.552. The maximum absolute atomic E-state index is 11.8. The molecule has 1 saturated heterocycles. The Morgan fingerprint density at radius 1 is 1.56 bits per heavy atom. The van der Waals surface area contributed by atoms with E-state index in [4.69, 9.17) is 5.11 Å². The number of carboxylic acids is 1. The van der Waals surface area contributed by atoms with E-state index in [9.17, 15) is 9.59 Å². The van der Waals surface area contributed by atoms with Crippen LogP contribution in [0.5, 0.6) is 0 Å². The van der Waals surface area contributed by atoms with Crippen molar-refractivity contribution in [3.8, 4) is 0 Å². The van der Waals surface area contributed by atoms with Crippen LogP contribution < -0.4 is 0 Å². The lowest BCUT2D eigenvalue weighted by molar-refractivity contribution is -0.139. The Kier molecular flexibility index (Phi) is 2.64. The van der Waals surface area contributed by atoms with Gasteiger partial charge in [0.15, 0.2) is 0 Å². The highest BCUT2D eigenvalue weighted by atomic mass is 16.4. The number of amides is 1. The van der Waals surface area contributed by atoms with Gasteiger partial charge in [-0.2, -0.15) is 5.10 Å². The molecule has 1 aliphatic heterocycles. The number of likely N-dealkylation sites (tertiary alicyclic amines) is 1. The average molecular weight is 223 g/mol. The fourth-order valence-electron chi connectivity index (χ4n) is 1.83. The minimum Gasteiger partial charge on any atom is -0.481 e. The van der Waals surface area contributed by atoms with Crippen molar-refractivity contribution in [3.63, 3.8) is 0 Å². The Labute approximate surface area is 92.5 Å². The van der Waals surface area contributed by atoms with Crippen molar-refractivity contribution >= 4 is 11.9 Å². The van der Waals surface area contributed by atoms with Gasteiger partial charge in [-0.1, -0.05) is 0 Å². The highest BCUT2D eigenvalue weighted by molar-refractivity contribution is 5.94. The summed E-state index contributed by atoms with van der Waals surface area (Å²) in [7, 11) is 1.75. The predicted molar refractivity (Wildman–Crippen MR) is 54.9 cm³/mol. The van der Waals surface area contributed by atoms with Crippen LogP contribution in [0.4, 0.5) is 0 Å². The van der Waals surface area contributed by atoms with Gasteiger partial charge in [0.05, 0.1) is 18.2 Å². The average Bonchev–Trinajstić information content (AvgIpc) is 2.56. The van der Waals surface area contributed by atoms with E-state index in [0.29, 0.717) is 18.7 Å². The van der Waals surface area contributed by atoms with Gasteiger partial charge < -0.3 is 10.0 Å². The number of aromatic nitrogens is 2. The minimum atomic E-state index is -0.807. The third-order valence-electron chi connectivity index (χ3n) is 2.66. The predicted octanol–water partition coefficient (Wildman–Crippen LogP) is -0.0332. The molecule has 2 rings (SSSR count). The molecule has 1 fully saturated rings. The summed E-state index contributed by atoms with van der Waals surface area (Å²) in [5, 5.41) is 12.5. The van der Waals surface area contributed by atoms with E-state index in [-0.39, 0.29) is 18.2 Å². The molecule has 0 radical (unpaired) electrons. The van der Waals surface area contributed by atoms with Crippen molar-refractivity contribution in [1.82, 2.24) is 14.7 Å². The van der Waals surface area contributed by atoms with E-state index in [1.54, 1.807) is 22.8 Å². The number of carbonyl (C=O) groups is 2. The van der Waals surface area contributed by atoms with Crippen LogP contribution in [0.1, 0.15) is 16.8 Å². The molecule has 0 atom stereocenters. The third kappa shape index (κ3) is 2.05. The molecule has 2 heterocycles. The first-order chi connectivity index (χ1) is 7.56. The summed E-state index contributed by atoms with van der Waals surface area (Å²) in [5.74, 6) is -0.786. The van der Waals surface area contributed by atoms with Crippen molar-refractivity contribution in [1.29, 1.82) is 0 Å². The van der Waals surface area contributed by atoms with Gasteiger partial charge in [0.1, 0.15) is 0 Å². The zero-order valence-electron chi connectivity index (χ0n) is 8.96. The zero-order valence-corrected chi connectivity index (χ0v) is 8.96. The number of carboxylic acid groups (broad SMARTS) is 1. The number of aryl methyl sites for hydroxylation is 1. The molecule has 1 N–H and O–H groups in total. The second-order valence-corrected chi connectivity index (χ2v) is 4.08. The number of hydrogen-bond donors (Lipinski definition) is 1. The SMILES string of the molecule is Cn1cc(C(=O)N2CC(CC(=O)O)C2)cn1. The monoisotopic (exact) mass is 223 g/mol. The van der Waals surface area contributed by atoms with Gasteiger partial charge in [0.2, 0.25) is 0 Å². The number of hydrogen-bond acceptors (Lipinski definition) is 3. The van der Waals surface area contributed by atoms with Gasteiger partial charge in [0.25, 0.3) is 5.91 Å². The fourth-order valence-corrected chi connectivity index (χ4v) is 1.83. The second-order valence-electron chi connectivity index (χ2n) is 4.08. The van der Waals surface area contributed by atoms with Crippen molar-refractivity contribution in [3.05, 3.63) is 18.0 Å². The third-order valence-corrected chi connectivity index (χ3v) is 2.66. The van der Waals surface area contributed by atoms with Crippen LogP contribution in [0, 0.1) is 5.92 Å². The quantitative estimate of drug-likeness (QED) is 0.780. The summed E-state index contributed by atoms with van der Waals surface area (Å²) in [6.45, 7) is 1.06. The molecule has 1 aromatic heterocycles. The van der Waals surface area contributed by atoms with Crippen LogP contribution in [0.15, 0.2) is 12.4 Å². The molecule has 16 heavy (non-hydrogen) atoms. The van der Waals surface area contributed by atoms with Crippen LogP contribution in [0.3, 0.4) is 0 Å². The molecule has 0 saturated carbocycles. The first-order valence-corrected chi connectivity index (χ1v) is 5.06. The second kappa shape index (κ2) is 3.96. The number of rotatable bonds is 3. The van der Waals surface area contributed by atoms with Crippen LogP contribution in [-0.4, -0.2) is 44.8 Å². The summed E-state index contributed by atoms with van der Waals surface area (Å²) in [4.78, 5) is 23.9. The molecular formula is C10H13N3O3. The van der Waals surface area contributed by atoms with E-state index >= 15 is 0 Å². The number of carbonyl (C=O) groups excluding carboxylic acids is 1. The van der Waals surface area contributed by atoms with Crippen LogP contribution >= 0.6 is 0 Å². The Balaban J connectivity index is 1.88. The van der Waals surface area contributed by atoms with Crippen molar-refractivity contribution in [2.75, 3.05) is 13.1 Å². The van der Waals surface area contributed by atoms with Gasteiger partial charge in [0, 0.05) is 32.3 Å². The highest BCUT2D eigenvalue weighted by Crippen LogP contribution is 2.21. The van der Waals surface area contributed by atoms with E-state index < -0.39 is 5.97 Å². The lowest BCUT2D eigenvalue weighted by atomic mass is 9.96. The van der Waals surface area contributed by atoms with E-state index in [2.05, 4.69) is 5.10 Å². The maximum atomic E-state index is 11.8. The zero-order chi connectivity index (χ0) is 11.7. The highest BCUT2D eigenvalue weighted by Gasteiger charge is 2.32. The van der Waals surface area contributed by atoms with Crippen LogP contribution in [0.25, 0.3) is 0 Å². The molecule has 0 aliphatic carbocycles. The summed E-state index contributed by atoms with van der Waals surface area (Å²) >= 11 is 0. The summed E-state index contributed by atoms with van der Waals surface area (Å²) < 4.78 is 1.57. The summed E-state index contributed by atoms with van der Waals surface area (Å²) in [6, 6.07) is 0. The largest absolute Gasteiger partial charge is 0.481 e. The molecule has 0 bridgehead atoms. The van der Waals surface area contributed by atoms with Gasteiger partial charge in [-0.25, -0.2) is 0 Å².